The van der Waals surface area contributed by atoms with Gasteiger partial charge in [0.25, 0.3) is 0 Å². The topological polar surface area (TPSA) is 20.3 Å². The van der Waals surface area contributed by atoms with Crippen LogP contribution in [-0.2, 0) is 4.79 Å². The van der Waals surface area contributed by atoms with Crippen LogP contribution in [0.2, 0.25) is 0 Å². The van der Waals surface area contributed by atoms with E-state index in [0.717, 1.165) is 25.3 Å². The number of hydrogen-bond donors (Lipinski definition) is 0. The molecule has 1 heterocycles. The molecule has 0 aromatic carbocycles. The number of hydrogen-bond acceptors (Lipinski definition) is 2. The first kappa shape index (κ1) is 7.92. The minimum atomic E-state index is 0.263. The van der Waals surface area contributed by atoms with E-state index in [1.807, 2.05) is 16.7 Å². The van der Waals surface area contributed by atoms with Gasteiger partial charge in [0.05, 0.1) is 0 Å². The van der Waals surface area contributed by atoms with Crippen molar-refractivity contribution in [2.45, 2.75) is 18.6 Å². The fraction of sp³-hybridized carbons (Fsp3) is 0.857. The van der Waals surface area contributed by atoms with Crippen molar-refractivity contribution in [1.82, 2.24) is 4.90 Å². The normalized spacial score (nSPS) is 24.4. The lowest BCUT2D eigenvalue weighted by atomic mass is 10.2. The molecule has 0 aromatic heterocycles. The maximum Gasteiger partial charge on any atom is 0.209 e. The van der Waals surface area contributed by atoms with E-state index in [4.69, 9.17) is 0 Å². The van der Waals surface area contributed by atoms with E-state index in [2.05, 4.69) is 13.8 Å². The monoisotopic (exact) mass is 159 g/mol. The first-order valence-electron chi connectivity index (χ1n) is 3.47. The molecule has 0 N–H and O–H groups in total. The summed E-state index contributed by atoms with van der Waals surface area (Å²) < 4.78 is 0.263. The van der Waals surface area contributed by atoms with Crippen LogP contribution in [0, 0.1) is 0 Å². The van der Waals surface area contributed by atoms with Gasteiger partial charge in [-0.05, 0) is 13.8 Å². The molecule has 0 radical (unpaired) electrons. The molecule has 0 saturated carbocycles. The van der Waals surface area contributed by atoms with Gasteiger partial charge in [-0.3, -0.25) is 4.79 Å². The molecule has 2 nitrogen and oxygen atoms in total. The van der Waals surface area contributed by atoms with E-state index >= 15 is 0 Å². The van der Waals surface area contributed by atoms with Crippen LogP contribution in [0.5, 0.6) is 0 Å². The van der Waals surface area contributed by atoms with Gasteiger partial charge in [-0.1, -0.05) is 0 Å². The molecule has 0 aliphatic carbocycles. The van der Waals surface area contributed by atoms with Crippen molar-refractivity contribution in [3.8, 4) is 0 Å². The molecular weight excluding hydrogens is 146 g/mol. The third-order valence-electron chi connectivity index (χ3n) is 1.60. The Morgan fingerprint density at radius 3 is 2.70 bits per heavy atom. The van der Waals surface area contributed by atoms with Crippen LogP contribution >= 0.6 is 11.8 Å². The molecule has 58 valence electrons. The Kier molecular flexibility index (Phi) is 2.24. The minimum absolute atomic E-state index is 0.263. The Morgan fingerprint density at radius 2 is 2.30 bits per heavy atom. The number of rotatable bonds is 1. The van der Waals surface area contributed by atoms with Gasteiger partial charge in [-0.25, -0.2) is 0 Å². The van der Waals surface area contributed by atoms with Gasteiger partial charge in [-0.15, -0.1) is 0 Å². The van der Waals surface area contributed by atoms with Crippen molar-refractivity contribution < 1.29 is 4.79 Å². The summed E-state index contributed by atoms with van der Waals surface area (Å²) in [5.41, 5.74) is 0. The van der Waals surface area contributed by atoms with Crippen molar-refractivity contribution in [2.24, 2.45) is 0 Å². The lowest BCUT2D eigenvalue weighted by Gasteiger charge is -2.35. The smallest absolute Gasteiger partial charge is 0.209 e. The number of carbonyl (C=O) groups is 1. The van der Waals surface area contributed by atoms with E-state index in [0.29, 0.717) is 0 Å². The zero-order chi connectivity index (χ0) is 7.61. The van der Waals surface area contributed by atoms with E-state index in [9.17, 15) is 4.79 Å². The fourth-order valence-electron chi connectivity index (χ4n) is 1.14. The highest BCUT2D eigenvalue weighted by molar-refractivity contribution is 8.00. The van der Waals surface area contributed by atoms with Crippen LogP contribution in [0.25, 0.3) is 0 Å². The predicted octanol–water partition coefficient (Wildman–Crippen LogP) is 0.970. The van der Waals surface area contributed by atoms with E-state index in [-0.39, 0.29) is 4.75 Å². The van der Waals surface area contributed by atoms with Gasteiger partial charge >= 0.3 is 0 Å². The lowest BCUT2D eigenvalue weighted by Crippen LogP contribution is -2.42. The van der Waals surface area contributed by atoms with Gasteiger partial charge in [-0.2, -0.15) is 11.8 Å². The van der Waals surface area contributed by atoms with Crippen LogP contribution in [0.1, 0.15) is 13.8 Å². The molecule has 0 bridgehead atoms. The molecule has 3 heteroatoms. The zero-order valence-electron chi connectivity index (χ0n) is 6.46. The predicted molar refractivity (Wildman–Crippen MR) is 44.2 cm³/mol. The quantitative estimate of drug-likeness (QED) is 0.531. The molecule has 1 amide bonds. The molecule has 0 atom stereocenters. The highest BCUT2D eigenvalue weighted by Gasteiger charge is 2.25. The Balaban J connectivity index is 2.47. The van der Waals surface area contributed by atoms with Crippen molar-refractivity contribution in [2.75, 3.05) is 18.8 Å². The molecule has 10 heavy (non-hydrogen) atoms. The molecule has 1 fully saturated rings. The summed E-state index contributed by atoms with van der Waals surface area (Å²) in [5, 5.41) is 0. The second kappa shape index (κ2) is 2.82. The standard InChI is InChI=1S/C7H13NOS/c1-7(2)5-8(6-9)3-4-10-7/h6H,3-5H2,1-2H3. The maximum atomic E-state index is 10.4. The summed E-state index contributed by atoms with van der Waals surface area (Å²) in [6.07, 6.45) is 0.946. The van der Waals surface area contributed by atoms with Crippen molar-refractivity contribution in [1.29, 1.82) is 0 Å². The van der Waals surface area contributed by atoms with Gasteiger partial charge in [0.1, 0.15) is 0 Å². The van der Waals surface area contributed by atoms with Crippen LogP contribution in [-0.4, -0.2) is 34.9 Å². The van der Waals surface area contributed by atoms with Gasteiger partial charge in [0, 0.05) is 23.6 Å². The van der Waals surface area contributed by atoms with Crippen molar-refractivity contribution >= 4 is 18.2 Å². The first-order valence-corrected chi connectivity index (χ1v) is 4.46. The molecule has 1 aliphatic heterocycles. The maximum absolute atomic E-state index is 10.4. The third-order valence-corrected chi connectivity index (χ3v) is 2.90. The number of thioether (sulfide) groups is 1. The van der Waals surface area contributed by atoms with Gasteiger partial charge in [0.2, 0.25) is 6.41 Å². The molecule has 1 aliphatic rings. The summed E-state index contributed by atoms with van der Waals surface area (Å²) >= 11 is 1.94. The number of nitrogens with zero attached hydrogens (tertiary/aromatic N) is 1. The SMILES string of the molecule is CC1(C)CN(C=O)CCS1. The molecule has 1 saturated heterocycles. The third kappa shape index (κ3) is 1.90. The highest BCUT2D eigenvalue weighted by Crippen LogP contribution is 2.28. The summed E-state index contributed by atoms with van der Waals surface area (Å²) in [7, 11) is 0. The Morgan fingerprint density at radius 1 is 1.60 bits per heavy atom. The molecule has 1 rings (SSSR count). The lowest BCUT2D eigenvalue weighted by molar-refractivity contribution is -0.118. The second-order valence-corrected chi connectivity index (χ2v) is 4.99. The van der Waals surface area contributed by atoms with Crippen LogP contribution in [0.15, 0.2) is 0 Å². The zero-order valence-corrected chi connectivity index (χ0v) is 7.28. The summed E-state index contributed by atoms with van der Waals surface area (Å²) in [5.74, 6) is 1.08. The molecular formula is C7H13NOS. The van der Waals surface area contributed by atoms with Gasteiger partial charge < -0.3 is 4.90 Å². The summed E-state index contributed by atoms with van der Waals surface area (Å²) in [6.45, 7) is 6.15. The average molecular weight is 159 g/mol. The van der Waals surface area contributed by atoms with E-state index < -0.39 is 0 Å². The average Bonchev–Trinajstić information content (AvgIpc) is 1.86. The minimum Gasteiger partial charge on any atom is -0.343 e. The molecule has 0 spiro atoms. The Labute approximate surface area is 66.0 Å². The largest absolute Gasteiger partial charge is 0.343 e. The molecule has 0 aromatic rings. The van der Waals surface area contributed by atoms with Gasteiger partial charge in [0.15, 0.2) is 0 Å². The fourth-order valence-corrected chi connectivity index (χ4v) is 2.28. The molecule has 0 unspecified atom stereocenters. The van der Waals surface area contributed by atoms with Crippen LogP contribution in [0.3, 0.4) is 0 Å². The van der Waals surface area contributed by atoms with Crippen LogP contribution in [0.4, 0.5) is 0 Å². The number of amides is 1. The Bertz CT molecular complexity index is 136. The Hall–Kier alpha value is -0.180. The second-order valence-electron chi connectivity index (χ2n) is 3.18. The summed E-state index contributed by atoms with van der Waals surface area (Å²) in [6, 6.07) is 0. The number of carbonyl (C=O) groups excluding carboxylic acids is 1. The van der Waals surface area contributed by atoms with E-state index in [1.54, 1.807) is 0 Å². The van der Waals surface area contributed by atoms with Crippen LogP contribution < -0.4 is 0 Å². The summed E-state index contributed by atoms with van der Waals surface area (Å²) in [4.78, 5) is 12.2. The van der Waals surface area contributed by atoms with Crippen molar-refractivity contribution in [3.05, 3.63) is 0 Å². The van der Waals surface area contributed by atoms with Crippen molar-refractivity contribution in [3.63, 3.8) is 0 Å². The first-order chi connectivity index (χ1) is 4.64. The highest BCUT2D eigenvalue weighted by atomic mass is 32.2. The van der Waals surface area contributed by atoms with E-state index in [1.165, 1.54) is 0 Å².